The molecule has 0 aliphatic carbocycles. The summed E-state index contributed by atoms with van der Waals surface area (Å²) in [5.41, 5.74) is 0.00711. The predicted octanol–water partition coefficient (Wildman–Crippen LogP) is 3.68. The van der Waals surface area contributed by atoms with Crippen molar-refractivity contribution in [2.45, 2.75) is 90.9 Å². The first-order valence-electron chi connectivity index (χ1n) is 9.70. The lowest BCUT2D eigenvalue weighted by molar-refractivity contribution is -0.284. The Morgan fingerprint density at radius 3 is 1.92 bits per heavy atom. The van der Waals surface area contributed by atoms with E-state index in [1.54, 1.807) is 0 Å². The minimum atomic E-state index is -2.24. The summed E-state index contributed by atoms with van der Waals surface area (Å²) >= 11 is 0. The highest BCUT2D eigenvalue weighted by Gasteiger charge is 2.56. The highest BCUT2D eigenvalue weighted by Crippen LogP contribution is 2.43. The molecule has 2 aliphatic heterocycles. The smallest absolute Gasteiger partial charge is 0.383 e. The summed E-state index contributed by atoms with van der Waals surface area (Å²) in [6.45, 7) is 18.8. The Morgan fingerprint density at radius 2 is 1.46 bits per heavy atom. The molecule has 5 nitrogen and oxygen atoms in total. The largest absolute Gasteiger partial charge is 0.428 e. The molecule has 2 fully saturated rings. The van der Waals surface area contributed by atoms with Crippen LogP contribution in [0.3, 0.4) is 0 Å². The van der Waals surface area contributed by atoms with Crippen molar-refractivity contribution >= 4 is 8.72 Å². The molecule has 0 saturated carbocycles. The van der Waals surface area contributed by atoms with E-state index < -0.39 is 8.72 Å². The van der Waals surface area contributed by atoms with Crippen LogP contribution in [0.2, 0.25) is 6.04 Å². The molecular formula is C18H38N2O3Si. The van der Waals surface area contributed by atoms with Crippen LogP contribution in [0, 0.1) is 0 Å². The first-order valence-corrected chi connectivity index (χ1v) is 11.7. The SMILES string of the molecule is CCON1C(C)(C)CC(N2CCC[Si]2(OCC)OCC)CC1(C)C. The van der Waals surface area contributed by atoms with Gasteiger partial charge in [-0.2, -0.15) is 5.06 Å². The Kier molecular flexibility index (Phi) is 6.54. The average molecular weight is 359 g/mol. The molecule has 0 atom stereocenters. The van der Waals surface area contributed by atoms with Gasteiger partial charge in [0.25, 0.3) is 0 Å². The molecule has 0 aromatic rings. The number of hydrogen-bond donors (Lipinski definition) is 0. The summed E-state index contributed by atoms with van der Waals surface area (Å²) in [7, 11) is -2.24. The molecule has 2 heterocycles. The molecule has 0 unspecified atom stereocenters. The molecule has 142 valence electrons. The number of hydrogen-bond acceptors (Lipinski definition) is 5. The standard InChI is InChI=1S/C18H38N2O3Si/c1-8-21-20-17(4,5)14-16(15-18(20,6)7)19-12-11-13-24(19,22-9-2)23-10-3/h16H,8-15H2,1-7H3. The summed E-state index contributed by atoms with van der Waals surface area (Å²) in [6.07, 6.45) is 3.37. The zero-order chi connectivity index (χ0) is 18.0. The maximum absolute atomic E-state index is 6.31. The maximum Gasteiger partial charge on any atom is 0.428 e. The lowest BCUT2D eigenvalue weighted by Crippen LogP contribution is -2.67. The van der Waals surface area contributed by atoms with Crippen LogP contribution in [0.5, 0.6) is 0 Å². The van der Waals surface area contributed by atoms with Crippen molar-refractivity contribution in [2.75, 3.05) is 26.4 Å². The van der Waals surface area contributed by atoms with Crippen molar-refractivity contribution in [1.82, 2.24) is 9.63 Å². The van der Waals surface area contributed by atoms with Crippen molar-refractivity contribution in [3.63, 3.8) is 0 Å². The van der Waals surface area contributed by atoms with E-state index in [9.17, 15) is 0 Å². The second kappa shape index (κ2) is 7.72. The molecular weight excluding hydrogens is 320 g/mol. The fourth-order valence-corrected chi connectivity index (χ4v) is 8.70. The zero-order valence-corrected chi connectivity index (χ0v) is 17.9. The molecule has 0 amide bonds. The third kappa shape index (κ3) is 3.89. The van der Waals surface area contributed by atoms with E-state index in [4.69, 9.17) is 13.7 Å². The molecule has 2 saturated heterocycles. The van der Waals surface area contributed by atoms with Crippen LogP contribution < -0.4 is 0 Å². The molecule has 6 heteroatoms. The van der Waals surface area contributed by atoms with Crippen molar-refractivity contribution in [3.8, 4) is 0 Å². The topological polar surface area (TPSA) is 34.2 Å². The van der Waals surface area contributed by atoms with Crippen LogP contribution in [0.4, 0.5) is 0 Å². The number of rotatable bonds is 7. The van der Waals surface area contributed by atoms with Gasteiger partial charge < -0.3 is 8.85 Å². The maximum atomic E-state index is 6.31. The Labute approximate surface area is 149 Å². The molecule has 0 spiro atoms. The van der Waals surface area contributed by atoms with E-state index in [-0.39, 0.29) is 11.1 Å². The van der Waals surface area contributed by atoms with Gasteiger partial charge in [0.1, 0.15) is 0 Å². The van der Waals surface area contributed by atoms with Gasteiger partial charge in [0.2, 0.25) is 0 Å². The Balaban J connectivity index is 2.25. The monoisotopic (exact) mass is 358 g/mol. The Bertz CT molecular complexity index is 393. The van der Waals surface area contributed by atoms with Gasteiger partial charge in [-0.05, 0) is 74.3 Å². The van der Waals surface area contributed by atoms with Gasteiger partial charge in [0.15, 0.2) is 0 Å². The van der Waals surface area contributed by atoms with Crippen molar-refractivity contribution < 1.29 is 13.7 Å². The van der Waals surface area contributed by atoms with Crippen LogP contribution >= 0.6 is 0 Å². The van der Waals surface area contributed by atoms with E-state index >= 15 is 0 Å². The number of piperidine rings is 1. The van der Waals surface area contributed by atoms with Crippen molar-refractivity contribution in [1.29, 1.82) is 0 Å². The molecule has 0 radical (unpaired) electrons. The van der Waals surface area contributed by atoms with Crippen LogP contribution in [0.15, 0.2) is 0 Å². The van der Waals surface area contributed by atoms with E-state index in [0.717, 1.165) is 45.3 Å². The van der Waals surface area contributed by atoms with Gasteiger partial charge >= 0.3 is 8.72 Å². The summed E-state index contributed by atoms with van der Waals surface area (Å²) in [5, 5.41) is 2.23. The predicted molar refractivity (Wildman–Crippen MR) is 99.8 cm³/mol. The Morgan fingerprint density at radius 1 is 0.917 bits per heavy atom. The van der Waals surface area contributed by atoms with Crippen molar-refractivity contribution in [2.24, 2.45) is 0 Å². The lowest BCUT2D eigenvalue weighted by atomic mass is 9.79. The van der Waals surface area contributed by atoms with Gasteiger partial charge in [0, 0.05) is 36.4 Å². The Hall–Kier alpha value is 0.0169. The second-order valence-electron chi connectivity index (χ2n) is 8.27. The van der Waals surface area contributed by atoms with Gasteiger partial charge in [-0.3, -0.25) is 9.40 Å². The fraction of sp³-hybridized carbons (Fsp3) is 1.00. The van der Waals surface area contributed by atoms with E-state index in [0.29, 0.717) is 6.04 Å². The molecule has 0 N–H and O–H groups in total. The quantitative estimate of drug-likeness (QED) is 0.649. The third-order valence-corrected chi connectivity index (χ3v) is 9.27. The van der Waals surface area contributed by atoms with E-state index in [2.05, 4.69) is 58.1 Å². The van der Waals surface area contributed by atoms with Gasteiger partial charge in [-0.15, -0.1) is 0 Å². The number of nitrogens with zero attached hydrogens (tertiary/aromatic N) is 2. The first kappa shape index (κ1) is 20.3. The first-order chi connectivity index (χ1) is 11.2. The van der Waals surface area contributed by atoms with E-state index in [1.807, 2.05) is 0 Å². The highest BCUT2D eigenvalue weighted by atomic mass is 28.4. The van der Waals surface area contributed by atoms with Crippen LogP contribution in [0.1, 0.15) is 67.7 Å². The number of hydroxylamine groups is 2. The zero-order valence-electron chi connectivity index (χ0n) is 16.9. The van der Waals surface area contributed by atoms with Crippen LogP contribution in [-0.2, 0) is 13.7 Å². The lowest BCUT2D eigenvalue weighted by Gasteiger charge is -2.56. The second-order valence-corrected chi connectivity index (χ2v) is 11.4. The van der Waals surface area contributed by atoms with Gasteiger partial charge in [0.05, 0.1) is 6.61 Å². The summed E-state index contributed by atoms with van der Waals surface area (Å²) in [4.78, 5) is 6.03. The average Bonchev–Trinajstić information content (AvgIpc) is 2.86. The van der Waals surface area contributed by atoms with Gasteiger partial charge in [-0.25, -0.2) is 0 Å². The minimum absolute atomic E-state index is 0.00356. The normalized spacial score (nSPS) is 27.6. The third-order valence-electron chi connectivity index (χ3n) is 5.34. The molecule has 0 aromatic carbocycles. The van der Waals surface area contributed by atoms with Crippen LogP contribution in [-0.4, -0.2) is 61.8 Å². The molecule has 0 aromatic heterocycles. The summed E-state index contributed by atoms with van der Waals surface area (Å²) in [5.74, 6) is 0. The van der Waals surface area contributed by atoms with E-state index in [1.165, 1.54) is 6.42 Å². The minimum Gasteiger partial charge on any atom is -0.383 e. The summed E-state index contributed by atoms with van der Waals surface area (Å²) in [6, 6.07) is 1.60. The molecule has 0 bridgehead atoms. The van der Waals surface area contributed by atoms with Crippen molar-refractivity contribution in [3.05, 3.63) is 0 Å². The molecule has 24 heavy (non-hydrogen) atoms. The molecule has 2 aliphatic rings. The molecule has 2 rings (SSSR count). The van der Waals surface area contributed by atoms with Crippen LogP contribution in [0.25, 0.3) is 0 Å². The summed E-state index contributed by atoms with van der Waals surface area (Å²) < 4.78 is 15.2. The highest BCUT2D eigenvalue weighted by molar-refractivity contribution is 6.65. The van der Waals surface area contributed by atoms with Gasteiger partial charge in [-0.1, -0.05) is 0 Å². The fourth-order valence-electron chi connectivity index (χ4n) is 4.96.